The van der Waals surface area contributed by atoms with Gasteiger partial charge in [0.1, 0.15) is 11.6 Å². The van der Waals surface area contributed by atoms with Gasteiger partial charge in [0.15, 0.2) is 5.78 Å². The molecular weight excluding hydrogens is 363 g/mol. The molecule has 0 spiro atoms. The molecule has 0 aliphatic rings. The molecule has 0 aliphatic carbocycles. The van der Waals surface area contributed by atoms with Crippen LogP contribution in [-0.4, -0.2) is 12.9 Å². The van der Waals surface area contributed by atoms with Gasteiger partial charge in [-0.1, -0.05) is 78.9 Å². The average Bonchev–Trinajstić information content (AvgIpc) is 2.77. The van der Waals surface area contributed by atoms with Crippen molar-refractivity contribution in [1.82, 2.24) is 0 Å². The first kappa shape index (κ1) is 20.3. The summed E-state index contributed by atoms with van der Waals surface area (Å²) in [7, 11) is 1.63. The SMILES string of the molecule is COc1ccc(C(/C=C/C=C/c2ccc(F)cc2)CC(=O)c2ccccc2)cc1. The minimum absolute atomic E-state index is 0.0634. The van der Waals surface area contributed by atoms with E-state index in [-0.39, 0.29) is 17.5 Å². The lowest BCUT2D eigenvalue weighted by molar-refractivity contribution is 0.0978. The highest BCUT2D eigenvalue weighted by molar-refractivity contribution is 5.96. The Morgan fingerprint density at radius 3 is 2.28 bits per heavy atom. The highest BCUT2D eigenvalue weighted by Crippen LogP contribution is 2.25. The van der Waals surface area contributed by atoms with Crippen molar-refractivity contribution in [1.29, 1.82) is 0 Å². The Kier molecular flexibility index (Phi) is 7.12. The first-order chi connectivity index (χ1) is 14.2. The summed E-state index contributed by atoms with van der Waals surface area (Å²) >= 11 is 0. The van der Waals surface area contributed by atoms with E-state index in [2.05, 4.69) is 0 Å². The lowest BCUT2D eigenvalue weighted by Crippen LogP contribution is -2.06. The van der Waals surface area contributed by atoms with E-state index in [1.807, 2.05) is 78.9 Å². The van der Waals surface area contributed by atoms with Crippen LogP contribution in [0.25, 0.3) is 6.08 Å². The number of methoxy groups -OCH3 is 1. The van der Waals surface area contributed by atoms with Gasteiger partial charge in [0.05, 0.1) is 7.11 Å². The summed E-state index contributed by atoms with van der Waals surface area (Å²) in [6.07, 6.45) is 8.12. The summed E-state index contributed by atoms with van der Waals surface area (Å²) < 4.78 is 18.2. The van der Waals surface area contributed by atoms with Crippen LogP contribution in [0, 0.1) is 5.82 Å². The van der Waals surface area contributed by atoms with Crippen molar-refractivity contribution in [3.05, 3.63) is 120 Å². The van der Waals surface area contributed by atoms with Gasteiger partial charge < -0.3 is 4.74 Å². The fourth-order valence-electron chi connectivity index (χ4n) is 3.03. The Hall–Kier alpha value is -3.46. The molecule has 1 unspecified atom stereocenters. The molecule has 1 atom stereocenters. The van der Waals surface area contributed by atoms with E-state index in [0.29, 0.717) is 12.0 Å². The summed E-state index contributed by atoms with van der Waals surface area (Å²) in [4.78, 5) is 12.7. The number of halogens is 1. The van der Waals surface area contributed by atoms with Crippen molar-refractivity contribution < 1.29 is 13.9 Å². The standard InChI is InChI=1S/C26H23FO2/c1-29-25-17-13-21(14-18-25)23(19-26(28)22-8-3-2-4-9-22)10-6-5-7-20-11-15-24(27)16-12-20/h2-18,23H,19H2,1H3/b7-5+,10-6+. The van der Waals surface area contributed by atoms with Crippen molar-refractivity contribution in [3.8, 4) is 5.75 Å². The van der Waals surface area contributed by atoms with Crippen molar-refractivity contribution in [2.45, 2.75) is 12.3 Å². The highest BCUT2D eigenvalue weighted by Gasteiger charge is 2.15. The van der Waals surface area contributed by atoms with E-state index in [1.54, 1.807) is 19.2 Å². The minimum Gasteiger partial charge on any atom is -0.497 e. The second kappa shape index (κ2) is 10.2. The maximum Gasteiger partial charge on any atom is 0.163 e. The van der Waals surface area contributed by atoms with E-state index in [4.69, 9.17) is 4.74 Å². The number of carbonyl (C=O) groups is 1. The van der Waals surface area contributed by atoms with Crippen LogP contribution in [0.3, 0.4) is 0 Å². The summed E-state index contributed by atoms with van der Waals surface area (Å²) in [5.41, 5.74) is 2.67. The molecule has 0 amide bonds. The molecule has 146 valence electrons. The van der Waals surface area contributed by atoms with Crippen molar-refractivity contribution >= 4 is 11.9 Å². The van der Waals surface area contributed by atoms with E-state index in [9.17, 15) is 9.18 Å². The Morgan fingerprint density at radius 2 is 1.62 bits per heavy atom. The van der Waals surface area contributed by atoms with Crippen LogP contribution in [-0.2, 0) is 0 Å². The lowest BCUT2D eigenvalue weighted by atomic mass is 9.91. The fourth-order valence-corrected chi connectivity index (χ4v) is 3.03. The first-order valence-corrected chi connectivity index (χ1v) is 9.48. The van der Waals surface area contributed by atoms with Gasteiger partial charge in [-0.2, -0.15) is 0 Å². The number of Topliss-reactive ketones (excluding diaryl/α,β-unsaturated/α-hetero) is 1. The van der Waals surface area contributed by atoms with Crippen LogP contribution in [0.5, 0.6) is 5.75 Å². The monoisotopic (exact) mass is 386 g/mol. The number of hydrogen-bond acceptors (Lipinski definition) is 2. The van der Waals surface area contributed by atoms with Crippen molar-refractivity contribution in [2.75, 3.05) is 7.11 Å². The normalized spacial score (nSPS) is 12.3. The van der Waals surface area contributed by atoms with Gasteiger partial charge in [-0.3, -0.25) is 4.79 Å². The van der Waals surface area contributed by atoms with E-state index in [1.165, 1.54) is 12.1 Å². The zero-order valence-corrected chi connectivity index (χ0v) is 16.3. The fraction of sp³-hybridized carbons (Fsp3) is 0.115. The predicted octanol–water partition coefficient (Wildman–Crippen LogP) is 6.46. The molecule has 0 fully saturated rings. The van der Waals surface area contributed by atoms with Gasteiger partial charge in [0.2, 0.25) is 0 Å². The Bertz CT molecular complexity index is 971. The first-order valence-electron chi connectivity index (χ1n) is 9.48. The number of ether oxygens (including phenoxy) is 1. The van der Waals surface area contributed by atoms with Crippen LogP contribution in [0.2, 0.25) is 0 Å². The molecular formula is C26H23FO2. The molecule has 3 aromatic rings. The Labute approximate surface area is 171 Å². The van der Waals surface area contributed by atoms with Gasteiger partial charge in [-0.15, -0.1) is 0 Å². The second-order valence-corrected chi connectivity index (χ2v) is 6.67. The molecule has 2 nitrogen and oxygen atoms in total. The highest BCUT2D eigenvalue weighted by atomic mass is 19.1. The minimum atomic E-state index is -0.253. The van der Waals surface area contributed by atoms with Crippen LogP contribution in [0.1, 0.15) is 33.8 Å². The van der Waals surface area contributed by atoms with Gasteiger partial charge >= 0.3 is 0 Å². The average molecular weight is 386 g/mol. The molecule has 0 saturated carbocycles. The van der Waals surface area contributed by atoms with E-state index >= 15 is 0 Å². The molecule has 0 saturated heterocycles. The lowest BCUT2D eigenvalue weighted by Gasteiger charge is -2.13. The molecule has 3 heteroatoms. The second-order valence-electron chi connectivity index (χ2n) is 6.67. The summed E-state index contributed by atoms with van der Waals surface area (Å²) in [6.45, 7) is 0. The Morgan fingerprint density at radius 1 is 0.931 bits per heavy atom. The van der Waals surface area contributed by atoms with Gasteiger partial charge in [0, 0.05) is 17.9 Å². The van der Waals surface area contributed by atoms with Crippen molar-refractivity contribution in [3.63, 3.8) is 0 Å². The third-order valence-corrected chi connectivity index (χ3v) is 4.66. The smallest absolute Gasteiger partial charge is 0.163 e. The quantitative estimate of drug-likeness (QED) is 0.328. The number of rotatable bonds is 8. The maximum absolute atomic E-state index is 13.0. The van der Waals surface area contributed by atoms with Gasteiger partial charge in [0.25, 0.3) is 0 Å². The predicted molar refractivity (Wildman–Crippen MR) is 116 cm³/mol. The largest absolute Gasteiger partial charge is 0.497 e. The third-order valence-electron chi connectivity index (χ3n) is 4.66. The van der Waals surface area contributed by atoms with Crippen LogP contribution in [0.15, 0.2) is 97.1 Å². The number of benzene rings is 3. The van der Waals surface area contributed by atoms with Crippen LogP contribution < -0.4 is 4.74 Å². The maximum atomic E-state index is 13.0. The van der Waals surface area contributed by atoms with Crippen LogP contribution >= 0.6 is 0 Å². The van der Waals surface area contributed by atoms with Crippen LogP contribution in [0.4, 0.5) is 4.39 Å². The van der Waals surface area contributed by atoms with Gasteiger partial charge in [-0.05, 0) is 35.4 Å². The molecule has 0 radical (unpaired) electrons. The number of ketones is 1. The van der Waals surface area contributed by atoms with Gasteiger partial charge in [-0.25, -0.2) is 4.39 Å². The number of carbonyl (C=O) groups excluding carboxylic acids is 1. The molecule has 3 aromatic carbocycles. The zero-order valence-electron chi connectivity index (χ0n) is 16.3. The molecule has 29 heavy (non-hydrogen) atoms. The molecule has 0 heterocycles. The molecule has 3 rings (SSSR count). The zero-order chi connectivity index (χ0) is 20.5. The number of hydrogen-bond donors (Lipinski definition) is 0. The topological polar surface area (TPSA) is 26.3 Å². The van der Waals surface area contributed by atoms with Crippen molar-refractivity contribution in [2.24, 2.45) is 0 Å². The Balaban J connectivity index is 1.77. The van der Waals surface area contributed by atoms with E-state index < -0.39 is 0 Å². The molecule has 0 N–H and O–H groups in total. The summed E-state index contributed by atoms with van der Waals surface area (Å²) in [6, 6.07) is 23.4. The molecule has 0 aromatic heterocycles. The summed E-state index contributed by atoms with van der Waals surface area (Å²) in [5.74, 6) is 0.559. The molecule has 0 aliphatic heterocycles. The third kappa shape index (κ3) is 6.01. The van der Waals surface area contributed by atoms with E-state index in [0.717, 1.165) is 16.9 Å². The molecule has 0 bridgehead atoms. The summed E-state index contributed by atoms with van der Waals surface area (Å²) in [5, 5.41) is 0. The number of allylic oxidation sites excluding steroid dienone is 3.